The SMILES string of the molecule is CCC(C)c1ccc(N(c2ccccc2)c2c3ccccc3c(N(C3=CC(C)C=C(C)C3C)c3ccccc3)c3ccccc23)cc1. The molecule has 0 N–H and O–H groups in total. The van der Waals surface area contributed by atoms with Gasteiger partial charge in [0.1, 0.15) is 0 Å². The number of nitrogens with zero attached hydrogens (tertiary/aromatic N) is 2. The van der Waals surface area contributed by atoms with E-state index in [4.69, 9.17) is 0 Å². The molecule has 0 saturated heterocycles. The van der Waals surface area contributed by atoms with Gasteiger partial charge in [-0.25, -0.2) is 0 Å². The van der Waals surface area contributed by atoms with E-state index in [1.165, 1.54) is 55.4 Å². The lowest BCUT2D eigenvalue weighted by Gasteiger charge is -2.37. The number of rotatable bonds is 8. The first-order chi connectivity index (χ1) is 23.0. The molecular formula is C45H44N2. The number of fused-ring (bicyclic) bond motifs is 2. The summed E-state index contributed by atoms with van der Waals surface area (Å²) in [4.78, 5) is 5.00. The maximum atomic E-state index is 2.54. The summed E-state index contributed by atoms with van der Waals surface area (Å²) < 4.78 is 0. The molecule has 0 spiro atoms. The molecule has 0 fully saturated rings. The maximum Gasteiger partial charge on any atom is 0.0619 e. The van der Waals surface area contributed by atoms with Gasteiger partial charge in [-0.3, -0.25) is 0 Å². The highest BCUT2D eigenvalue weighted by atomic mass is 15.2. The normalized spacial score (nSPS) is 16.9. The second-order valence-corrected chi connectivity index (χ2v) is 13.1. The minimum Gasteiger partial charge on any atom is -0.313 e. The molecule has 0 radical (unpaired) electrons. The van der Waals surface area contributed by atoms with Crippen LogP contribution in [0.1, 0.15) is 52.5 Å². The average Bonchev–Trinajstić information content (AvgIpc) is 3.12. The van der Waals surface area contributed by atoms with Crippen LogP contribution in [0.15, 0.2) is 157 Å². The van der Waals surface area contributed by atoms with Crippen LogP contribution in [0.2, 0.25) is 0 Å². The second kappa shape index (κ2) is 13.0. The quantitative estimate of drug-likeness (QED) is 0.0958. The first kappa shape index (κ1) is 30.6. The highest BCUT2D eigenvalue weighted by Crippen LogP contribution is 2.51. The van der Waals surface area contributed by atoms with Crippen molar-refractivity contribution in [2.24, 2.45) is 11.8 Å². The molecule has 1 aliphatic rings. The zero-order valence-corrected chi connectivity index (χ0v) is 28.2. The van der Waals surface area contributed by atoms with Gasteiger partial charge in [-0.1, -0.05) is 142 Å². The number of para-hydroxylation sites is 2. The fourth-order valence-corrected chi connectivity index (χ4v) is 7.24. The van der Waals surface area contributed by atoms with Gasteiger partial charge in [0.05, 0.1) is 11.4 Å². The van der Waals surface area contributed by atoms with E-state index >= 15 is 0 Å². The standard InChI is InChI=1S/C45H44N2/c1-6-32(3)35-25-27-38(28-26-35)46(36-17-9-7-10-18-36)44-39-21-13-15-23-41(39)45(42-24-16-14-22-40(42)44)47(37-19-11-8-12-20-37)43-30-31(2)29-33(4)34(43)5/h7-32,34H,6H2,1-5H3. The van der Waals surface area contributed by atoms with Crippen molar-refractivity contribution in [1.82, 2.24) is 0 Å². The zero-order valence-electron chi connectivity index (χ0n) is 28.2. The Kier molecular flexibility index (Phi) is 8.43. The van der Waals surface area contributed by atoms with E-state index in [-0.39, 0.29) is 5.92 Å². The summed E-state index contributed by atoms with van der Waals surface area (Å²) in [5, 5.41) is 4.91. The van der Waals surface area contributed by atoms with Crippen LogP contribution < -0.4 is 9.80 Å². The van der Waals surface area contributed by atoms with Gasteiger partial charge < -0.3 is 9.80 Å². The van der Waals surface area contributed by atoms with E-state index < -0.39 is 0 Å². The summed E-state index contributed by atoms with van der Waals surface area (Å²) in [7, 11) is 0. The Hall–Kier alpha value is -5.08. The van der Waals surface area contributed by atoms with E-state index in [2.05, 4.69) is 190 Å². The van der Waals surface area contributed by atoms with Crippen molar-refractivity contribution in [2.45, 2.75) is 47.0 Å². The molecule has 0 aromatic heterocycles. The molecule has 2 heteroatoms. The first-order valence-corrected chi connectivity index (χ1v) is 17.1. The van der Waals surface area contributed by atoms with Crippen LogP contribution in [0.4, 0.5) is 28.4 Å². The molecule has 0 saturated carbocycles. The lowest BCUT2D eigenvalue weighted by atomic mass is 9.86. The van der Waals surface area contributed by atoms with Crippen LogP contribution in [0.3, 0.4) is 0 Å². The molecule has 1 aliphatic carbocycles. The molecule has 6 aromatic rings. The van der Waals surface area contributed by atoms with Gasteiger partial charge in [-0.15, -0.1) is 0 Å². The zero-order chi connectivity index (χ0) is 32.5. The van der Waals surface area contributed by atoms with Crippen molar-refractivity contribution in [2.75, 3.05) is 9.80 Å². The number of allylic oxidation sites excluding steroid dienone is 3. The number of hydrogen-bond donors (Lipinski definition) is 0. The van der Waals surface area contributed by atoms with Gasteiger partial charge in [0.2, 0.25) is 0 Å². The molecule has 3 atom stereocenters. The van der Waals surface area contributed by atoms with Gasteiger partial charge in [-0.2, -0.15) is 0 Å². The predicted molar refractivity (Wildman–Crippen MR) is 204 cm³/mol. The molecular weight excluding hydrogens is 569 g/mol. The van der Waals surface area contributed by atoms with Gasteiger partial charge in [0.25, 0.3) is 0 Å². The fraction of sp³-hybridized carbons (Fsp3) is 0.200. The second-order valence-electron chi connectivity index (χ2n) is 13.1. The van der Waals surface area contributed by atoms with Crippen LogP contribution in [-0.2, 0) is 0 Å². The highest BCUT2D eigenvalue weighted by molar-refractivity contribution is 6.22. The molecule has 47 heavy (non-hydrogen) atoms. The molecule has 234 valence electrons. The molecule has 0 amide bonds. The van der Waals surface area contributed by atoms with Crippen LogP contribution in [0.25, 0.3) is 21.5 Å². The van der Waals surface area contributed by atoms with E-state index in [0.717, 1.165) is 17.8 Å². The largest absolute Gasteiger partial charge is 0.313 e. The van der Waals surface area contributed by atoms with Gasteiger partial charge in [-0.05, 0) is 67.1 Å². The monoisotopic (exact) mass is 612 g/mol. The van der Waals surface area contributed by atoms with Crippen molar-refractivity contribution in [1.29, 1.82) is 0 Å². The summed E-state index contributed by atoms with van der Waals surface area (Å²) in [6, 6.07) is 48.9. The summed E-state index contributed by atoms with van der Waals surface area (Å²) in [5.74, 6) is 1.17. The van der Waals surface area contributed by atoms with Gasteiger partial charge in [0, 0.05) is 50.2 Å². The Morgan fingerprint density at radius 3 is 1.45 bits per heavy atom. The maximum absolute atomic E-state index is 2.54. The number of anilines is 5. The molecule has 0 heterocycles. The minimum absolute atomic E-state index is 0.286. The van der Waals surface area contributed by atoms with Gasteiger partial charge >= 0.3 is 0 Å². The topological polar surface area (TPSA) is 6.48 Å². The minimum atomic E-state index is 0.286. The van der Waals surface area contributed by atoms with Crippen molar-refractivity contribution >= 4 is 50.0 Å². The van der Waals surface area contributed by atoms with Crippen LogP contribution >= 0.6 is 0 Å². The van der Waals surface area contributed by atoms with E-state index in [9.17, 15) is 0 Å². The summed E-state index contributed by atoms with van der Waals surface area (Å²) in [6.45, 7) is 11.5. The van der Waals surface area contributed by atoms with Gasteiger partial charge in [0.15, 0.2) is 0 Å². The third kappa shape index (κ3) is 5.63. The predicted octanol–water partition coefficient (Wildman–Crippen LogP) is 13.2. The molecule has 0 aliphatic heterocycles. The Morgan fingerprint density at radius 1 is 0.532 bits per heavy atom. The Bertz CT molecular complexity index is 2020. The van der Waals surface area contributed by atoms with Crippen LogP contribution in [0.5, 0.6) is 0 Å². The lowest BCUT2D eigenvalue weighted by molar-refractivity contribution is 0.709. The molecule has 3 unspecified atom stereocenters. The fourth-order valence-electron chi connectivity index (χ4n) is 7.24. The van der Waals surface area contributed by atoms with Crippen LogP contribution in [0, 0.1) is 11.8 Å². The molecule has 0 bridgehead atoms. The third-order valence-corrected chi connectivity index (χ3v) is 10.0. The smallest absolute Gasteiger partial charge is 0.0619 e. The highest BCUT2D eigenvalue weighted by Gasteiger charge is 2.29. The molecule has 6 aromatic carbocycles. The Morgan fingerprint density at radius 2 is 0.957 bits per heavy atom. The van der Waals surface area contributed by atoms with Crippen molar-refractivity contribution in [3.05, 3.63) is 162 Å². The molecule has 7 rings (SSSR count). The van der Waals surface area contributed by atoms with Crippen LogP contribution in [-0.4, -0.2) is 0 Å². The third-order valence-electron chi connectivity index (χ3n) is 10.0. The van der Waals surface area contributed by atoms with E-state index in [0.29, 0.717) is 11.8 Å². The summed E-state index contributed by atoms with van der Waals surface area (Å²) in [6.07, 6.45) is 5.98. The number of benzene rings is 6. The Labute approximate surface area is 280 Å². The summed E-state index contributed by atoms with van der Waals surface area (Å²) in [5.41, 5.74) is 10.0. The lowest BCUT2D eigenvalue weighted by Crippen LogP contribution is -2.25. The first-order valence-electron chi connectivity index (χ1n) is 17.1. The molecule has 2 nitrogen and oxygen atoms in total. The van der Waals surface area contributed by atoms with Crippen molar-refractivity contribution in [3.8, 4) is 0 Å². The van der Waals surface area contributed by atoms with E-state index in [1.54, 1.807) is 0 Å². The van der Waals surface area contributed by atoms with Crippen molar-refractivity contribution < 1.29 is 0 Å². The average molecular weight is 613 g/mol. The van der Waals surface area contributed by atoms with Crippen molar-refractivity contribution in [3.63, 3.8) is 0 Å². The summed E-state index contributed by atoms with van der Waals surface area (Å²) >= 11 is 0. The Balaban J connectivity index is 1.56. The number of hydrogen-bond acceptors (Lipinski definition) is 2. The van der Waals surface area contributed by atoms with E-state index in [1.807, 2.05) is 0 Å².